The highest BCUT2D eigenvalue weighted by atomic mass is 16.2. The Morgan fingerprint density at radius 3 is 2.55 bits per heavy atom. The molecule has 0 N–H and O–H groups in total. The first kappa shape index (κ1) is 14.8. The number of aromatic nitrogens is 2. The molecule has 110 valence electrons. The SMILES string of the molecule is Cc1nn(C)c(=O)c(C(=O)N2CC(C)CCC2C)c1C. The summed E-state index contributed by atoms with van der Waals surface area (Å²) in [5, 5.41) is 4.13. The summed E-state index contributed by atoms with van der Waals surface area (Å²) in [5.74, 6) is 0.342. The maximum absolute atomic E-state index is 12.8. The molecule has 20 heavy (non-hydrogen) atoms. The fourth-order valence-corrected chi connectivity index (χ4v) is 2.82. The number of aryl methyl sites for hydroxylation is 2. The van der Waals surface area contributed by atoms with Crippen LogP contribution in [-0.2, 0) is 7.05 Å². The van der Waals surface area contributed by atoms with Gasteiger partial charge in [0.05, 0.1) is 5.69 Å². The Balaban J connectivity index is 2.46. The Bertz CT molecular complexity index is 592. The average molecular weight is 277 g/mol. The maximum Gasteiger partial charge on any atom is 0.279 e. The summed E-state index contributed by atoms with van der Waals surface area (Å²) in [5.41, 5.74) is 1.40. The highest BCUT2D eigenvalue weighted by Crippen LogP contribution is 2.23. The standard InChI is InChI=1S/C15H23N3O2/c1-9-6-7-10(2)18(8-9)15(20)13-11(3)12(4)16-17(5)14(13)19/h9-10H,6-8H2,1-5H3. The summed E-state index contributed by atoms with van der Waals surface area (Å²) in [7, 11) is 1.59. The molecule has 2 atom stereocenters. The Morgan fingerprint density at radius 1 is 1.25 bits per heavy atom. The number of carbonyl (C=O) groups excluding carboxylic acids is 1. The lowest BCUT2D eigenvalue weighted by atomic mass is 9.94. The molecular formula is C15H23N3O2. The van der Waals surface area contributed by atoms with E-state index in [9.17, 15) is 9.59 Å². The van der Waals surface area contributed by atoms with Gasteiger partial charge in [0.1, 0.15) is 5.56 Å². The van der Waals surface area contributed by atoms with Crippen molar-refractivity contribution in [1.82, 2.24) is 14.7 Å². The van der Waals surface area contributed by atoms with Gasteiger partial charge in [-0.3, -0.25) is 9.59 Å². The molecule has 2 unspecified atom stereocenters. The van der Waals surface area contributed by atoms with E-state index in [1.165, 1.54) is 4.68 Å². The number of likely N-dealkylation sites (tertiary alicyclic amines) is 1. The molecule has 5 heteroatoms. The minimum absolute atomic E-state index is 0.146. The second kappa shape index (κ2) is 5.38. The second-order valence-electron chi connectivity index (χ2n) is 6.00. The van der Waals surface area contributed by atoms with Crippen LogP contribution < -0.4 is 5.56 Å². The molecule has 1 amide bonds. The third-order valence-corrected chi connectivity index (χ3v) is 4.32. The fraction of sp³-hybridized carbons (Fsp3) is 0.667. The van der Waals surface area contributed by atoms with Crippen LogP contribution in [0.4, 0.5) is 0 Å². The van der Waals surface area contributed by atoms with Crippen molar-refractivity contribution in [3.63, 3.8) is 0 Å². The molecule has 2 rings (SSSR count). The van der Waals surface area contributed by atoms with Gasteiger partial charge in [0, 0.05) is 19.6 Å². The van der Waals surface area contributed by atoms with Crippen molar-refractivity contribution in [2.24, 2.45) is 13.0 Å². The predicted molar refractivity (Wildman–Crippen MR) is 77.8 cm³/mol. The van der Waals surface area contributed by atoms with E-state index in [2.05, 4.69) is 18.9 Å². The van der Waals surface area contributed by atoms with E-state index >= 15 is 0 Å². The van der Waals surface area contributed by atoms with E-state index in [-0.39, 0.29) is 23.1 Å². The second-order valence-corrected chi connectivity index (χ2v) is 6.00. The van der Waals surface area contributed by atoms with E-state index in [1.807, 2.05) is 11.8 Å². The monoisotopic (exact) mass is 277 g/mol. The van der Waals surface area contributed by atoms with Crippen LogP contribution in [0.5, 0.6) is 0 Å². The van der Waals surface area contributed by atoms with Gasteiger partial charge in [-0.1, -0.05) is 6.92 Å². The Hall–Kier alpha value is -1.65. The summed E-state index contributed by atoms with van der Waals surface area (Å²) in [6, 6.07) is 0.191. The van der Waals surface area contributed by atoms with Gasteiger partial charge in [-0.05, 0) is 45.1 Å². The highest BCUT2D eigenvalue weighted by Gasteiger charge is 2.30. The predicted octanol–water partition coefficient (Wildman–Crippen LogP) is 1.66. The lowest BCUT2D eigenvalue weighted by molar-refractivity contribution is 0.0570. The van der Waals surface area contributed by atoms with Gasteiger partial charge < -0.3 is 4.90 Å². The van der Waals surface area contributed by atoms with E-state index in [0.717, 1.165) is 25.1 Å². The Kier molecular flexibility index (Phi) is 3.97. The molecule has 1 fully saturated rings. The van der Waals surface area contributed by atoms with Gasteiger partial charge in [-0.2, -0.15) is 5.10 Å². The summed E-state index contributed by atoms with van der Waals surface area (Å²) in [4.78, 5) is 26.9. The number of rotatable bonds is 1. The van der Waals surface area contributed by atoms with Crippen molar-refractivity contribution < 1.29 is 4.79 Å². The lowest BCUT2D eigenvalue weighted by Gasteiger charge is -2.37. The average Bonchev–Trinajstić information content (AvgIpc) is 2.39. The quantitative estimate of drug-likeness (QED) is 0.784. The first-order valence-electron chi connectivity index (χ1n) is 7.18. The number of amides is 1. The molecule has 2 heterocycles. The van der Waals surface area contributed by atoms with Crippen LogP contribution in [0.2, 0.25) is 0 Å². The maximum atomic E-state index is 12.8. The van der Waals surface area contributed by atoms with Gasteiger partial charge in [0.25, 0.3) is 11.5 Å². The first-order valence-corrected chi connectivity index (χ1v) is 7.18. The van der Waals surface area contributed by atoms with E-state index in [1.54, 1.807) is 14.0 Å². The molecule has 1 saturated heterocycles. The van der Waals surface area contributed by atoms with Crippen LogP contribution in [0.3, 0.4) is 0 Å². The third-order valence-electron chi connectivity index (χ3n) is 4.32. The van der Waals surface area contributed by atoms with Crippen LogP contribution in [0.25, 0.3) is 0 Å². The number of nitrogens with zero attached hydrogens (tertiary/aromatic N) is 3. The normalized spacial score (nSPS) is 22.9. The Morgan fingerprint density at radius 2 is 1.90 bits per heavy atom. The first-order chi connectivity index (χ1) is 9.32. The topological polar surface area (TPSA) is 55.2 Å². The number of hydrogen-bond acceptors (Lipinski definition) is 3. The molecule has 0 saturated carbocycles. The summed E-state index contributed by atoms with van der Waals surface area (Å²) >= 11 is 0. The number of carbonyl (C=O) groups is 1. The van der Waals surface area contributed by atoms with Crippen LogP contribution in [0.15, 0.2) is 4.79 Å². The van der Waals surface area contributed by atoms with Crippen molar-refractivity contribution in [2.45, 2.75) is 46.6 Å². The summed E-state index contributed by atoms with van der Waals surface area (Å²) in [6.45, 7) is 8.55. The molecule has 0 bridgehead atoms. The minimum atomic E-state index is -0.302. The van der Waals surface area contributed by atoms with Crippen LogP contribution in [0, 0.1) is 19.8 Å². The number of piperidine rings is 1. The van der Waals surface area contributed by atoms with Crippen molar-refractivity contribution in [2.75, 3.05) is 6.54 Å². The van der Waals surface area contributed by atoms with Gasteiger partial charge in [-0.15, -0.1) is 0 Å². The molecule has 0 aliphatic carbocycles. The van der Waals surface area contributed by atoms with Crippen LogP contribution >= 0.6 is 0 Å². The van der Waals surface area contributed by atoms with E-state index in [4.69, 9.17) is 0 Å². The van der Waals surface area contributed by atoms with Crippen LogP contribution in [-0.4, -0.2) is 33.2 Å². The van der Waals surface area contributed by atoms with E-state index in [0.29, 0.717) is 11.5 Å². The van der Waals surface area contributed by atoms with Gasteiger partial charge in [0.2, 0.25) is 0 Å². The molecule has 0 aromatic carbocycles. The van der Waals surface area contributed by atoms with Gasteiger partial charge >= 0.3 is 0 Å². The molecule has 5 nitrogen and oxygen atoms in total. The lowest BCUT2D eigenvalue weighted by Crippen LogP contribution is -2.47. The van der Waals surface area contributed by atoms with Crippen molar-refractivity contribution in [3.05, 3.63) is 27.2 Å². The summed E-state index contributed by atoms with van der Waals surface area (Å²) in [6.07, 6.45) is 2.13. The van der Waals surface area contributed by atoms with Gasteiger partial charge in [-0.25, -0.2) is 4.68 Å². The highest BCUT2D eigenvalue weighted by molar-refractivity contribution is 5.95. The molecule has 1 aromatic heterocycles. The zero-order valence-electron chi connectivity index (χ0n) is 12.9. The largest absolute Gasteiger partial charge is 0.335 e. The van der Waals surface area contributed by atoms with Crippen LogP contribution in [0.1, 0.15) is 48.3 Å². The molecular weight excluding hydrogens is 254 g/mol. The zero-order chi connectivity index (χ0) is 15.0. The molecule has 0 spiro atoms. The van der Waals surface area contributed by atoms with E-state index < -0.39 is 0 Å². The van der Waals surface area contributed by atoms with Gasteiger partial charge in [0.15, 0.2) is 0 Å². The smallest absolute Gasteiger partial charge is 0.279 e. The Labute approximate surface area is 119 Å². The molecule has 1 aliphatic heterocycles. The molecule has 1 aromatic rings. The van der Waals surface area contributed by atoms with Crippen molar-refractivity contribution >= 4 is 5.91 Å². The minimum Gasteiger partial charge on any atom is -0.335 e. The van der Waals surface area contributed by atoms with Crippen molar-refractivity contribution in [1.29, 1.82) is 0 Å². The molecule has 0 radical (unpaired) electrons. The zero-order valence-corrected chi connectivity index (χ0v) is 12.9. The van der Waals surface area contributed by atoms with Crippen molar-refractivity contribution in [3.8, 4) is 0 Å². The molecule has 1 aliphatic rings. The fourth-order valence-electron chi connectivity index (χ4n) is 2.82. The number of hydrogen-bond donors (Lipinski definition) is 0. The third kappa shape index (κ3) is 2.49. The summed E-state index contributed by atoms with van der Waals surface area (Å²) < 4.78 is 1.26.